The highest BCUT2D eigenvalue weighted by atomic mass is 16.5. The second kappa shape index (κ2) is 9.38. The molecule has 108 valence electrons. The van der Waals surface area contributed by atoms with Crippen molar-refractivity contribution in [2.75, 3.05) is 33.9 Å². The standard InChI is InChI=1S/C13H25N5O/c1-12-15-7-10-18(12)9-5-4-6-16-13(14-2)17-8-11-19-3/h7,10H,4-6,8-9,11H2,1-3H3,(H2,14,16,17). The summed E-state index contributed by atoms with van der Waals surface area (Å²) < 4.78 is 7.15. The lowest BCUT2D eigenvalue weighted by Crippen LogP contribution is -2.39. The number of ether oxygens (including phenoxy) is 1. The van der Waals surface area contributed by atoms with Gasteiger partial charge in [-0.15, -0.1) is 0 Å². The zero-order valence-electron chi connectivity index (χ0n) is 12.1. The van der Waals surface area contributed by atoms with Crippen LogP contribution in [0.1, 0.15) is 18.7 Å². The molecule has 0 saturated heterocycles. The molecule has 0 atom stereocenters. The first-order chi connectivity index (χ1) is 9.27. The lowest BCUT2D eigenvalue weighted by molar-refractivity contribution is 0.203. The maximum absolute atomic E-state index is 4.98. The van der Waals surface area contributed by atoms with Gasteiger partial charge in [0.1, 0.15) is 5.82 Å². The molecule has 2 N–H and O–H groups in total. The molecule has 0 bridgehead atoms. The molecule has 0 unspecified atom stereocenters. The summed E-state index contributed by atoms with van der Waals surface area (Å²) in [5, 5.41) is 6.46. The summed E-state index contributed by atoms with van der Waals surface area (Å²) >= 11 is 0. The Hall–Kier alpha value is -1.56. The molecule has 0 spiro atoms. The maximum Gasteiger partial charge on any atom is 0.191 e. The number of imidazole rings is 1. The van der Waals surface area contributed by atoms with Gasteiger partial charge >= 0.3 is 0 Å². The van der Waals surface area contributed by atoms with Crippen LogP contribution in [0.2, 0.25) is 0 Å². The summed E-state index contributed by atoms with van der Waals surface area (Å²) in [4.78, 5) is 8.35. The van der Waals surface area contributed by atoms with Gasteiger partial charge in [-0.25, -0.2) is 4.98 Å². The van der Waals surface area contributed by atoms with E-state index in [9.17, 15) is 0 Å². The minimum atomic E-state index is 0.681. The predicted octanol–water partition coefficient (Wildman–Crippen LogP) is 0.783. The topological polar surface area (TPSA) is 63.5 Å². The van der Waals surface area contributed by atoms with Gasteiger partial charge in [0.05, 0.1) is 6.61 Å². The molecule has 19 heavy (non-hydrogen) atoms. The number of nitrogens with zero attached hydrogens (tertiary/aromatic N) is 3. The smallest absolute Gasteiger partial charge is 0.191 e. The molecule has 1 aromatic rings. The molecular weight excluding hydrogens is 242 g/mol. The van der Waals surface area contributed by atoms with Crippen LogP contribution in [-0.4, -0.2) is 49.4 Å². The van der Waals surface area contributed by atoms with Crippen molar-refractivity contribution in [3.05, 3.63) is 18.2 Å². The molecule has 0 amide bonds. The Kier molecular flexibility index (Phi) is 7.65. The number of unbranched alkanes of at least 4 members (excludes halogenated alkanes) is 1. The van der Waals surface area contributed by atoms with E-state index in [1.54, 1.807) is 14.2 Å². The fourth-order valence-electron chi connectivity index (χ4n) is 1.75. The van der Waals surface area contributed by atoms with Crippen molar-refractivity contribution in [2.45, 2.75) is 26.3 Å². The predicted molar refractivity (Wildman–Crippen MR) is 77.4 cm³/mol. The van der Waals surface area contributed by atoms with Crippen molar-refractivity contribution in [1.29, 1.82) is 0 Å². The number of aromatic nitrogens is 2. The summed E-state index contributed by atoms with van der Waals surface area (Å²) in [5.41, 5.74) is 0. The Morgan fingerprint density at radius 3 is 2.79 bits per heavy atom. The van der Waals surface area contributed by atoms with Gasteiger partial charge in [0, 0.05) is 46.2 Å². The van der Waals surface area contributed by atoms with Crippen LogP contribution in [0.3, 0.4) is 0 Å². The largest absolute Gasteiger partial charge is 0.383 e. The molecule has 1 heterocycles. The fourth-order valence-corrected chi connectivity index (χ4v) is 1.75. The van der Waals surface area contributed by atoms with E-state index >= 15 is 0 Å². The molecule has 1 aromatic heterocycles. The van der Waals surface area contributed by atoms with Gasteiger partial charge < -0.3 is 19.9 Å². The van der Waals surface area contributed by atoms with E-state index < -0.39 is 0 Å². The third-order valence-electron chi connectivity index (χ3n) is 2.86. The first-order valence-corrected chi connectivity index (χ1v) is 6.69. The van der Waals surface area contributed by atoms with E-state index in [1.807, 2.05) is 19.3 Å². The third-order valence-corrected chi connectivity index (χ3v) is 2.86. The maximum atomic E-state index is 4.98. The number of aryl methyl sites for hydroxylation is 2. The van der Waals surface area contributed by atoms with Gasteiger partial charge in [-0.05, 0) is 19.8 Å². The number of methoxy groups -OCH3 is 1. The van der Waals surface area contributed by atoms with Crippen LogP contribution in [0.4, 0.5) is 0 Å². The zero-order chi connectivity index (χ0) is 13.9. The molecule has 0 radical (unpaired) electrons. The fraction of sp³-hybridized carbons (Fsp3) is 0.692. The van der Waals surface area contributed by atoms with E-state index in [0.29, 0.717) is 6.61 Å². The third kappa shape index (κ3) is 6.24. The van der Waals surface area contributed by atoms with Crippen LogP contribution in [0.25, 0.3) is 0 Å². The van der Waals surface area contributed by atoms with Crippen molar-refractivity contribution < 1.29 is 4.74 Å². The Morgan fingerprint density at radius 1 is 1.37 bits per heavy atom. The second-order valence-corrected chi connectivity index (χ2v) is 4.29. The average molecular weight is 267 g/mol. The molecule has 0 aliphatic rings. The van der Waals surface area contributed by atoms with Crippen LogP contribution in [0.5, 0.6) is 0 Å². The zero-order valence-corrected chi connectivity index (χ0v) is 12.1. The molecule has 0 aliphatic carbocycles. The quantitative estimate of drug-likeness (QED) is 0.415. The summed E-state index contributed by atoms with van der Waals surface area (Å²) in [7, 11) is 3.47. The Balaban J connectivity index is 2.07. The normalized spacial score (nSPS) is 11.6. The number of hydrogen-bond donors (Lipinski definition) is 2. The van der Waals surface area contributed by atoms with Crippen molar-refractivity contribution >= 4 is 5.96 Å². The molecule has 0 aromatic carbocycles. The van der Waals surface area contributed by atoms with E-state index in [2.05, 4.69) is 25.2 Å². The van der Waals surface area contributed by atoms with Crippen LogP contribution in [0, 0.1) is 6.92 Å². The van der Waals surface area contributed by atoms with Gasteiger partial charge in [0.15, 0.2) is 5.96 Å². The Morgan fingerprint density at radius 2 is 2.16 bits per heavy atom. The Labute approximate surface area is 115 Å². The van der Waals surface area contributed by atoms with E-state index in [0.717, 1.165) is 44.3 Å². The highest BCUT2D eigenvalue weighted by Gasteiger charge is 1.98. The van der Waals surface area contributed by atoms with Crippen LogP contribution in [0.15, 0.2) is 17.4 Å². The molecule has 6 heteroatoms. The number of aliphatic imine (C=N–C) groups is 1. The van der Waals surface area contributed by atoms with Crippen molar-refractivity contribution in [1.82, 2.24) is 20.2 Å². The monoisotopic (exact) mass is 267 g/mol. The average Bonchev–Trinajstić information content (AvgIpc) is 2.82. The Bertz CT molecular complexity index is 375. The molecule has 0 aliphatic heterocycles. The highest BCUT2D eigenvalue weighted by Crippen LogP contribution is 1.98. The highest BCUT2D eigenvalue weighted by molar-refractivity contribution is 5.79. The molecular formula is C13H25N5O. The molecule has 0 fully saturated rings. The van der Waals surface area contributed by atoms with Crippen LogP contribution >= 0.6 is 0 Å². The number of rotatable bonds is 8. The van der Waals surface area contributed by atoms with E-state index in [4.69, 9.17) is 4.74 Å². The van der Waals surface area contributed by atoms with Gasteiger partial charge in [-0.1, -0.05) is 0 Å². The van der Waals surface area contributed by atoms with Gasteiger partial charge in [0.25, 0.3) is 0 Å². The SMILES string of the molecule is CN=C(NCCCCn1ccnc1C)NCCOC. The van der Waals surface area contributed by atoms with Gasteiger partial charge in [0.2, 0.25) is 0 Å². The van der Waals surface area contributed by atoms with Crippen molar-refractivity contribution in [3.63, 3.8) is 0 Å². The van der Waals surface area contributed by atoms with Crippen molar-refractivity contribution in [2.24, 2.45) is 4.99 Å². The summed E-state index contributed by atoms with van der Waals surface area (Å²) in [6.07, 6.45) is 6.09. The minimum absolute atomic E-state index is 0.681. The second-order valence-electron chi connectivity index (χ2n) is 4.29. The number of hydrogen-bond acceptors (Lipinski definition) is 3. The van der Waals surface area contributed by atoms with Gasteiger partial charge in [-0.2, -0.15) is 0 Å². The van der Waals surface area contributed by atoms with Gasteiger partial charge in [-0.3, -0.25) is 4.99 Å². The summed E-state index contributed by atoms with van der Waals surface area (Å²) in [6.45, 7) is 5.41. The first-order valence-electron chi connectivity index (χ1n) is 6.69. The number of guanidine groups is 1. The summed E-state index contributed by atoms with van der Waals surface area (Å²) in [5.74, 6) is 1.90. The first kappa shape index (κ1) is 15.5. The summed E-state index contributed by atoms with van der Waals surface area (Å²) in [6, 6.07) is 0. The lowest BCUT2D eigenvalue weighted by Gasteiger charge is -2.11. The molecule has 1 rings (SSSR count). The number of nitrogens with one attached hydrogen (secondary N) is 2. The van der Waals surface area contributed by atoms with E-state index in [1.165, 1.54) is 0 Å². The van der Waals surface area contributed by atoms with Crippen molar-refractivity contribution in [3.8, 4) is 0 Å². The van der Waals surface area contributed by atoms with Crippen LogP contribution in [-0.2, 0) is 11.3 Å². The van der Waals surface area contributed by atoms with Crippen LogP contribution < -0.4 is 10.6 Å². The lowest BCUT2D eigenvalue weighted by atomic mass is 10.3. The van der Waals surface area contributed by atoms with E-state index in [-0.39, 0.29) is 0 Å². The molecule has 6 nitrogen and oxygen atoms in total. The minimum Gasteiger partial charge on any atom is -0.383 e. The molecule has 0 saturated carbocycles.